The molecule has 2 unspecified atom stereocenters. The van der Waals surface area contributed by atoms with Crippen LogP contribution >= 0.6 is 24.0 Å². The van der Waals surface area contributed by atoms with E-state index in [4.69, 9.17) is 4.74 Å². The van der Waals surface area contributed by atoms with E-state index in [0.717, 1.165) is 32.0 Å². The van der Waals surface area contributed by atoms with Gasteiger partial charge in [-0.3, -0.25) is 4.99 Å². The highest BCUT2D eigenvalue weighted by molar-refractivity contribution is 14.0. The molecule has 1 aromatic rings. The average Bonchev–Trinajstić information content (AvgIpc) is 2.96. The summed E-state index contributed by atoms with van der Waals surface area (Å²) in [6, 6.07) is 8.92. The van der Waals surface area contributed by atoms with Crippen LogP contribution in [-0.4, -0.2) is 66.2 Å². The summed E-state index contributed by atoms with van der Waals surface area (Å²) in [6.45, 7) is 9.53. The highest BCUT2D eigenvalue weighted by atomic mass is 127. The maximum absolute atomic E-state index is 12.3. The lowest BCUT2D eigenvalue weighted by atomic mass is 9.78. The maximum atomic E-state index is 12.3. The number of halogens is 1. The number of fused-ring (bicyclic) bond motifs is 2. The van der Waals surface area contributed by atoms with Crippen molar-refractivity contribution in [3.63, 3.8) is 0 Å². The molecule has 1 aromatic carbocycles. The van der Waals surface area contributed by atoms with E-state index in [2.05, 4.69) is 39.5 Å². The van der Waals surface area contributed by atoms with Crippen LogP contribution in [0.4, 0.5) is 4.79 Å². The van der Waals surface area contributed by atoms with Crippen LogP contribution < -0.4 is 5.32 Å². The Hall–Kier alpha value is -1.51. The largest absolute Gasteiger partial charge is 0.444 e. The van der Waals surface area contributed by atoms with Gasteiger partial charge in [0.1, 0.15) is 5.60 Å². The number of rotatable bonds is 2. The number of nitrogens with one attached hydrogen (secondary N) is 1. The molecule has 0 radical (unpaired) electrons. The lowest BCUT2D eigenvalue weighted by molar-refractivity contribution is 0.0137. The Morgan fingerprint density at radius 3 is 2.81 bits per heavy atom. The minimum Gasteiger partial charge on any atom is -0.444 e. The third-order valence-corrected chi connectivity index (χ3v) is 5.33. The van der Waals surface area contributed by atoms with Gasteiger partial charge in [-0.2, -0.15) is 0 Å². The summed E-state index contributed by atoms with van der Waals surface area (Å²) in [7, 11) is 0. The Morgan fingerprint density at radius 1 is 1.30 bits per heavy atom. The number of aliphatic imine (C=N–C) groups is 1. The standard InChI is InChI=1S/C20H28N4O2.HI/c1-20(2,3)26-19(25)23-8-9-24-16(13-23)12-22-18(24)21-11-15-10-14-6-4-5-7-17(14)15;/h4-7,15-16H,8-13H2,1-3H3,(H,21,22);1H. The molecule has 2 atom stereocenters. The third-order valence-electron chi connectivity index (χ3n) is 5.33. The van der Waals surface area contributed by atoms with Gasteiger partial charge in [-0.15, -0.1) is 24.0 Å². The molecule has 148 valence electrons. The summed E-state index contributed by atoms with van der Waals surface area (Å²) < 4.78 is 5.50. The van der Waals surface area contributed by atoms with Gasteiger partial charge >= 0.3 is 6.09 Å². The molecule has 2 aliphatic heterocycles. The Morgan fingerprint density at radius 2 is 2.07 bits per heavy atom. The molecule has 2 heterocycles. The van der Waals surface area contributed by atoms with Crippen LogP contribution in [0.2, 0.25) is 0 Å². The van der Waals surface area contributed by atoms with Gasteiger partial charge in [-0.1, -0.05) is 24.3 Å². The first-order valence-corrected chi connectivity index (χ1v) is 9.51. The number of ether oxygens (including phenoxy) is 1. The molecule has 6 nitrogen and oxygen atoms in total. The van der Waals surface area contributed by atoms with Crippen molar-refractivity contribution in [1.82, 2.24) is 15.1 Å². The Balaban J connectivity index is 0.00000210. The van der Waals surface area contributed by atoms with Crippen LogP contribution in [0.25, 0.3) is 0 Å². The highest BCUT2D eigenvalue weighted by Gasteiger charge is 2.37. The second kappa shape index (κ2) is 7.85. The van der Waals surface area contributed by atoms with Crippen molar-refractivity contribution < 1.29 is 9.53 Å². The van der Waals surface area contributed by atoms with Crippen molar-refractivity contribution in [2.45, 2.75) is 44.8 Å². The molecule has 4 rings (SSSR count). The van der Waals surface area contributed by atoms with Crippen molar-refractivity contribution in [3.05, 3.63) is 35.4 Å². The van der Waals surface area contributed by atoms with Gasteiger partial charge in [0.25, 0.3) is 0 Å². The SMILES string of the molecule is CC(C)(C)OC(=O)N1CCN2C(NCC3Cc4ccccc43)=NCC2C1.I. The number of carbonyl (C=O) groups excluding carboxylic acids is 1. The van der Waals surface area contributed by atoms with E-state index >= 15 is 0 Å². The van der Waals surface area contributed by atoms with Gasteiger partial charge in [0, 0.05) is 32.1 Å². The van der Waals surface area contributed by atoms with E-state index in [1.807, 2.05) is 25.7 Å². The van der Waals surface area contributed by atoms with Gasteiger partial charge in [-0.05, 0) is 38.3 Å². The molecule has 1 N–H and O–H groups in total. The van der Waals surface area contributed by atoms with E-state index in [1.165, 1.54) is 11.1 Å². The van der Waals surface area contributed by atoms with Crippen molar-refractivity contribution in [1.29, 1.82) is 0 Å². The lowest BCUT2D eigenvalue weighted by Gasteiger charge is -2.39. The van der Waals surface area contributed by atoms with Gasteiger partial charge in [-0.25, -0.2) is 4.79 Å². The Kier molecular flexibility index (Phi) is 5.88. The maximum Gasteiger partial charge on any atom is 0.410 e. The number of amides is 1. The topological polar surface area (TPSA) is 57.2 Å². The molecular weight excluding hydrogens is 455 g/mol. The van der Waals surface area contributed by atoms with E-state index in [1.54, 1.807) is 0 Å². The molecule has 3 aliphatic rings. The Labute approximate surface area is 178 Å². The monoisotopic (exact) mass is 484 g/mol. The smallest absolute Gasteiger partial charge is 0.410 e. The number of benzene rings is 1. The first-order valence-electron chi connectivity index (χ1n) is 9.51. The molecule has 0 aromatic heterocycles. The first-order chi connectivity index (χ1) is 12.4. The highest BCUT2D eigenvalue weighted by Crippen LogP contribution is 2.34. The van der Waals surface area contributed by atoms with Crippen LogP contribution in [0, 0.1) is 0 Å². The van der Waals surface area contributed by atoms with Crippen LogP contribution in [0.3, 0.4) is 0 Å². The second-order valence-electron chi connectivity index (χ2n) is 8.42. The van der Waals surface area contributed by atoms with E-state index in [-0.39, 0.29) is 36.1 Å². The fourth-order valence-electron chi connectivity index (χ4n) is 3.98. The van der Waals surface area contributed by atoms with E-state index < -0.39 is 5.60 Å². The fraction of sp³-hybridized carbons (Fsp3) is 0.600. The average molecular weight is 484 g/mol. The van der Waals surface area contributed by atoms with Crippen LogP contribution in [0.5, 0.6) is 0 Å². The van der Waals surface area contributed by atoms with Gasteiger partial charge in [0.15, 0.2) is 5.96 Å². The fourth-order valence-corrected chi connectivity index (χ4v) is 3.98. The number of hydrogen-bond donors (Lipinski definition) is 1. The van der Waals surface area contributed by atoms with Crippen molar-refractivity contribution in [3.8, 4) is 0 Å². The zero-order valence-electron chi connectivity index (χ0n) is 16.3. The van der Waals surface area contributed by atoms with Crippen LogP contribution in [-0.2, 0) is 11.2 Å². The number of nitrogens with zero attached hydrogens (tertiary/aromatic N) is 3. The summed E-state index contributed by atoms with van der Waals surface area (Å²) >= 11 is 0. The minimum atomic E-state index is -0.452. The Bertz CT molecular complexity index is 731. The lowest BCUT2D eigenvalue weighted by Crippen LogP contribution is -2.57. The normalized spacial score (nSPS) is 23.4. The zero-order chi connectivity index (χ0) is 18.3. The molecule has 0 spiro atoms. The predicted molar refractivity (Wildman–Crippen MR) is 117 cm³/mol. The summed E-state index contributed by atoms with van der Waals surface area (Å²) in [5.74, 6) is 1.57. The van der Waals surface area contributed by atoms with Gasteiger partial charge in [0.2, 0.25) is 0 Å². The molecule has 0 bridgehead atoms. The van der Waals surface area contributed by atoms with Gasteiger partial charge < -0.3 is 19.9 Å². The molecule has 1 saturated heterocycles. The summed E-state index contributed by atoms with van der Waals surface area (Å²) in [6.07, 6.45) is 0.927. The molecule has 1 fully saturated rings. The summed E-state index contributed by atoms with van der Waals surface area (Å²) in [4.78, 5) is 21.1. The van der Waals surface area contributed by atoms with E-state index in [9.17, 15) is 4.79 Å². The molecule has 7 heteroatoms. The summed E-state index contributed by atoms with van der Waals surface area (Å²) in [5, 5.41) is 3.55. The van der Waals surface area contributed by atoms with Crippen molar-refractivity contribution in [2.24, 2.45) is 4.99 Å². The predicted octanol–water partition coefficient (Wildman–Crippen LogP) is 2.82. The van der Waals surface area contributed by atoms with E-state index in [0.29, 0.717) is 19.0 Å². The van der Waals surface area contributed by atoms with Crippen molar-refractivity contribution >= 4 is 36.0 Å². The number of hydrogen-bond acceptors (Lipinski definition) is 5. The molecule has 27 heavy (non-hydrogen) atoms. The minimum absolute atomic E-state index is 0. The first kappa shape index (κ1) is 20.2. The zero-order valence-corrected chi connectivity index (χ0v) is 18.6. The van der Waals surface area contributed by atoms with Crippen LogP contribution in [0.15, 0.2) is 29.3 Å². The quantitative estimate of drug-likeness (QED) is 0.657. The third kappa shape index (κ3) is 4.33. The van der Waals surface area contributed by atoms with Gasteiger partial charge in [0.05, 0.1) is 12.6 Å². The second-order valence-corrected chi connectivity index (χ2v) is 8.42. The molecule has 1 aliphatic carbocycles. The number of carbonyl (C=O) groups is 1. The molecule has 1 amide bonds. The molecule has 0 saturated carbocycles. The van der Waals surface area contributed by atoms with Crippen molar-refractivity contribution in [2.75, 3.05) is 32.7 Å². The summed E-state index contributed by atoms with van der Waals surface area (Å²) in [5.41, 5.74) is 2.48. The molecular formula is C20H29IN4O2. The number of piperazine rings is 1. The number of guanidine groups is 1. The van der Waals surface area contributed by atoms with Crippen LogP contribution in [0.1, 0.15) is 37.8 Å².